The van der Waals surface area contributed by atoms with Crippen LogP contribution in [0, 0.1) is 5.82 Å². The molecule has 0 aliphatic heterocycles. The Morgan fingerprint density at radius 3 is 2.14 bits per heavy atom. The minimum Gasteiger partial charge on any atom is -0.346 e. The van der Waals surface area contributed by atoms with E-state index in [-0.39, 0.29) is 22.5 Å². The van der Waals surface area contributed by atoms with Gasteiger partial charge in [-0.1, -0.05) is 42.5 Å². The molecule has 144 valence electrons. The molecule has 0 heterocycles. The smallest absolute Gasteiger partial charge is 0.261 e. The van der Waals surface area contributed by atoms with Gasteiger partial charge in [0.1, 0.15) is 5.82 Å². The van der Waals surface area contributed by atoms with Gasteiger partial charge in [0, 0.05) is 5.56 Å². The van der Waals surface area contributed by atoms with Gasteiger partial charge in [-0.05, 0) is 48.9 Å². The largest absolute Gasteiger partial charge is 0.346 e. The van der Waals surface area contributed by atoms with Crippen molar-refractivity contribution in [3.05, 3.63) is 95.8 Å². The van der Waals surface area contributed by atoms with Gasteiger partial charge < -0.3 is 5.32 Å². The maximum Gasteiger partial charge on any atom is 0.261 e. The minimum atomic E-state index is -3.97. The maximum absolute atomic E-state index is 13.7. The highest BCUT2D eigenvalue weighted by atomic mass is 32.2. The molecule has 3 aromatic rings. The molecule has 0 radical (unpaired) electrons. The van der Waals surface area contributed by atoms with Gasteiger partial charge in [0.2, 0.25) is 0 Å². The number of para-hydroxylation sites is 1. The number of anilines is 1. The van der Waals surface area contributed by atoms with Crippen LogP contribution < -0.4 is 10.0 Å². The lowest BCUT2D eigenvalue weighted by molar-refractivity contribution is 0.0940. The summed E-state index contributed by atoms with van der Waals surface area (Å²) >= 11 is 0. The molecular weight excluding hydrogens is 379 g/mol. The average molecular weight is 398 g/mol. The van der Waals surface area contributed by atoms with E-state index in [9.17, 15) is 17.6 Å². The third kappa shape index (κ3) is 4.55. The molecule has 5 nitrogen and oxygen atoms in total. The van der Waals surface area contributed by atoms with E-state index >= 15 is 0 Å². The van der Waals surface area contributed by atoms with Gasteiger partial charge >= 0.3 is 0 Å². The van der Waals surface area contributed by atoms with Gasteiger partial charge in [-0.25, -0.2) is 12.8 Å². The third-order valence-electron chi connectivity index (χ3n) is 4.19. The Balaban J connectivity index is 1.72. The van der Waals surface area contributed by atoms with E-state index in [2.05, 4.69) is 10.0 Å². The molecule has 0 bridgehead atoms. The van der Waals surface area contributed by atoms with Crippen LogP contribution in [0.2, 0.25) is 0 Å². The fourth-order valence-electron chi connectivity index (χ4n) is 2.64. The van der Waals surface area contributed by atoms with E-state index in [0.29, 0.717) is 5.56 Å². The molecule has 2 N–H and O–H groups in total. The number of nitrogens with one attached hydrogen (secondary N) is 2. The first-order chi connectivity index (χ1) is 13.4. The summed E-state index contributed by atoms with van der Waals surface area (Å²) in [5, 5.41) is 2.86. The quantitative estimate of drug-likeness (QED) is 0.656. The summed E-state index contributed by atoms with van der Waals surface area (Å²) in [6.45, 7) is 1.87. The van der Waals surface area contributed by atoms with E-state index < -0.39 is 15.8 Å². The number of hydrogen-bond acceptors (Lipinski definition) is 3. The predicted octanol–water partition coefficient (Wildman–Crippen LogP) is 4.12. The van der Waals surface area contributed by atoms with Crippen LogP contribution in [-0.2, 0) is 10.0 Å². The molecule has 1 amide bonds. The first-order valence-electron chi connectivity index (χ1n) is 8.60. The van der Waals surface area contributed by atoms with Crippen molar-refractivity contribution in [1.82, 2.24) is 5.32 Å². The van der Waals surface area contributed by atoms with Crippen molar-refractivity contribution in [3.63, 3.8) is 0 Å². The van der Waals surface area contributed by atoms with Crippen LogP contribution in [0.3, 0.4) is 0 Å². The van der Waals surface area contributed by atoms with Crippen molar-refractivity contribution in [2.24, 2.45) is 0 Å². The zero-order chi connectivity index (χ0) is 20.1. The number of sulfonamides is 1. The number of carbonyl (C=O) groups excluding carboxylic acids is 1. The number of rotatable bonds is 6. The minimum absolute atomic E-state index is 0.0663. The molecule has 0 fully saturated rings. The topological polar surface area (TPSA) is 75.3 Å². The zero-order valence-corrected chi connectivity index (χ0v) is 15.9. The van der Waals surface area contributed by atoms with E-state index in [0.717, 1.165) is 5.56 Å². The molecule has 0 aromatic heterocycles. The van der Waals surface area contributed by atoms with Crippen LogP contribution >= 0.6 is 0 Å². The summed E-state index contributed by atoms with van der Waals surface area (Å²) in [4.78, 5) is 12.3. The maximum atomic E-state index is 13.7. The zero-order valence-electron chi connectivity index (χ0n) is 15.1. The number of hydrogen-bond donors (Lipinski definition) is 2. The lowest BCUT2D eigenvalue weighted by Gasteiger charge is -2.14. The average Bonchev–Trinajstić information content (AvgIpc) is 2.70. The van der Waals surface area contributed by atoms with Crippen molar-refractivity contribution >= 4 is 21.6 Å². The molecule has 0 unspecified atom stereocenters. The first kappa shape index (κ1) is 19.6. The van der Waals surface area contributed by atoms with Crippen molar-refractivity contribution in [2.45, 2.75) is 17.9 Å². The van der Waals surface area contributed by atoms with E-state index in [1.807, 2.05) is 37.3 Å². The second-order valence-corrected chi connectivity index (χ2v) is 7.90. The summed E-state index contributed by atoms with van der Waals surface area (Å²) in [5.41, 5.74) is 1.15. The van der Waals surface area contributed by atoms with E-state index in [4.69, 9.17) is 0 Å². The van der Waals surface area contributed by atoms with Crippen LogP contribution in [0.15, 0.2) is 83.8 Å². The van der Waals surface area contributed by atoms with Crippen molar-refractivity contribution in [1.29, 1.82) is 0 Å². The number of benzene rings is 3. The lowest BCUT2D eigenvalue weighted by Crippen LogP contribution is -2.26. The molecule has 0 aliphatic rings. The van der Waals surface area contributed by atoms with Gasteiger partial charge in [-0.15, -0.1) is 0 Å². The summed E-state index contributed by atoms with van der Waals surface area (Å²) in [6, 6.07) is 20.3. The van der Waals surface area contributed by atoms with Crippen LogP contribution in [0.5, 0.6) is 0 Å². The summed E-state index contributed by atoms with van der Waals surface area (Å²) in [5.74, 6) is -0.987. The number of halogens is 1. The molecule has 3 aromatic carbocycles. The second-order valence-electron chi connectivity index (χ2n) is 6.22. The molecular formula is C21H19FN2O3S. The van der Waals surface area contributed by atoms with Crippen molar-refractivity contribution < 1.29 is 17.6 Å². The van der Waals surface area contributed by atoms with E-state index in [1.165, 1.54) is 48.5 Å². The second kappa shape index (κ2) is 8.22. The normalized spacial score (nSPS) is 12.2. The first-order valence-corrected chi connectivity index (χ1v) is 10.1. The Morgan fingerprint density at radius 1 is 0.893 bits per heavy atom. The Kier molecular flexibility index (Phi) is 5.75. The lowest BCUT2D eigenvalue weighted by atomic mass is 10.1. The SMILES string of the molecule is C[C@H](NC(=O)c1ccc(S(=O)(=O)Nc2ccccc2F)cc1)c1ccccc1. The van der Waals surface area contributed by atoms with E-state index in [1.54, 1.807) is 0 Å². The van der Waals surface area contributed by atoms with Gasteiger partial charge in [-0.2, -0.15) is 0 Å². The predicted molar refractivity (Wildman–Crippen MR) is 106 cm³/mol. The fraction of sp³-hybridized carbons (Fsp3) is 0.0952. The summed E-state index contributed by atoms with van der Waals surface area (Å²) in [7, 11) is -3.97. The monoisotopic (exact) mass is 398 g/mol. The number of amides is 1. The van der Waals surface area contributed by atoms with Gasteiger partial charge in [0.15, 0.2) is 0 Å². The highest BCUT2D eigenvalue weighted by molar-refractivity contribution is 7.92. The molecule has 0 aliphatic carbocycles. The van der Waals surface area contributed by atoms with Crippen molar-refractivity contribution in [2.75, 3.05) is 4.72 Å². The molecule has 7 heteroatoms. The molecule has 0 spiro atoms. The highest BCUT2D eigenvalue weighted by Gasteiger charge is 2.17. The standard InChI is InChI=1S/C21H19FN2O3S/c1-15(16-7-3-2-4-8-16)23-21(25)17-11-13-18(14-12-17)28(26,27)24-20-10-6-5-9-19(20)22/h2-15,24H,1H3,(H,23,25)/t15-/m0/s1. The van der Waals surface area contributed by atoms with Crippen molar-refractivity contribution in [3.8, 4) is 0 Å². The Labute approximate surface area is 163 Å². The molecule has 0 saturated heterocycles. The van der Waals surface area contributed by atoms with Crippen LogP contribution in [0.1, 0.15) is 28.9 Å². The fourth-order valence-corrected chi connectivity index (χ4v) is 3.71. The van der Waals surface area contributed by atoms with Gasteiger partial charge in [0.05, 0.1) is 16.6 Å². The van der Waals surface area contributed by atoms with Crippen LogP contribution in [0.4, 0.5) is 10.1 Å². The third-order valence-corrected chi connectivity index (χ3v) is 5.57. The molecule has 1 atom stereocenters. The molecule has 0 saturated carbocycles. The number of carbonyl (C=O) groups is 1. The molecule has 28 heavy (non-hydrogen) atoms. The van der Waals surface area contributed by atoms with Gasteiger partial charge in [-0.3, -0.25) is 9.52 Å². The summed E-state index contributed by atoms with van der Waals surface area (Å²) < 4.78 is 40.7. The Morgan fingerprint density at radius 2 is 1.50 bits per heavy atom. The van der Waals surface area contributed by atoms with Gasteiger partial charge in [0.25, 0.3) is 15.9 Å². The van der Waals surface area contributed by atoms with Crippen LogP contribution in [0.25, 0.3) is 0 Å². The molecule has 3 rings (SSSR count). The highest BCUT2D eigenvalue weighted by Crippen LogP contribution is 2.19. The van der Waals surface area contributed by atoms with Crippen LogP contribution in [-0.4, -0.2) is 14.3 Å². The Hall–Kier alpha value is -3.19. The summed E-state index contributed by atoms with van der Waals surface area (Å²) in [6.07, 6.45) is 0. The Bertz CT molecular complexity index is 1070.